The fraction of sp³-hybridized carbons (Fsp3) is 0.467. The first-order valence-corrected chi connectivity index (χ1v) is 6.90. The monoisotopic (exact) mass is 276 g/mol. The van der Waals surface area contributed by atoms with Gasteiger partial charge in [-0.3, -0.25) is 9.59 Å². The Hall–Kier alpha value is -1.88. The Morgan fingerprint density at radius 3 is 2.75 bits per heavy atom. The van der Waals surface area contributed by atoms with Gasteiger partial charge < -0.3 is 15.0 Å². The maximum Gasteiger partial charge on any atom is 0.246 e. The van der Waals surface area contributed by atoms with Gasteiger partial charge in [0, 0.05) is 19.6 Å². The number of ether oxygens (including phenoxy) is 1. The minimum absolute atomic E-state index is 0.0341. The summed E-state index contributed by atoms with van der Waals surface area (Å²) in [5.41, 5.74) is 1.04. The van der Waals surface area contributed by atoms with Crippen LogP contribution in [0.1, 0.15) is 12.5 Å². The molecule has 1 N–H and O–H groups in total. The highest BCUT2D eigenvalue weighted by molar-refractivity contribution is 5.95. The van der Waals surface area contributed by atoms with E-state index in [1.165, 1.54) is 0 Å². The van der Waals surface area contributed by atoms with Crippen molar-refractivity contribution in [2.75, 3.05) is 26.3 Å². The number of benzene rings is 1. The molecule has 5 nitrogen and oxygen atoms in total. The first-order valence-electron chi connectivity index (χ1n) is 6.90. The molecule has 0 aromatic heterocycles. The second-order valence-electron chi connectivity index (χ2n) is 4.77. The third-order valence-electron chi connectivity index (χ3n) is 3.27. The normalized spacial score (nSPS) is 19.1. The molecule has 1 heterocycles. The summed E-state index contributed by atoms with van der Waals surface area (Å²) in [5, 5.41) is 2.76. The van der Waals surface area contributed by atoms with Crippen LogP contribution in [-0.4, -0.2) is 49.1 Å². The van der Waals surface area contributed by atoms with Gasteiger partial charge in [0.05, 0.1) is 13.2 Å². The molecule has 1 saturated heterocycles. The molecule has 0 bridgehead atoms. The number of hydrogen-bond donors (Lipinski definition) is 1. The summed E-state index contributed by atoms with van der Waals surface area (Å²) >= 11 is 0. The van der Waals surface area contributed by atoms with Gasteiger partial charge >= 0.3 is 0 Å². The molecule has 0 saturated carbocycles. The third kappa shape index (κ3) is 3.81. The van der Waals surface area contributed by atoms with E-state index in [4.69, 9.17) is 4.74 Å². The van der Waals surface area contributed by atoms with Crippen LogP contribution in [0.4, 0.5) is 0 Å². The largest absolute Gasteiger partial charge is 0.380 e. The van der Waals surface area contributed by atoms with Crippen molar-refractivity contribution in [1.82, 2.24) is 10.2 Å². The van der Waals surface area contributed by atoms with Crippen LogP contribution in [-0.2, 0) is 20.7 Å². The average molecular weight is 276 g/mol. The Morgan fingerprint density at radius 2 is 2.05 bits per heavy atom. The van der Waals surface area contributed by atoms with E-state index < -0.39 is 6.04 Å². The summed E-state index contributed by atoms with van der Waals surface area (Å²) in [7, 11) is 0. The quantitative estimate of drug-likeness (QED) is 0.774. The van der Waals surface area contributed by atoms with Crippen molar-refractivity contribution in [3.8, 4) is 0 Å². The molecule has 2 amide bonds. The van der Waals surface area contributed by atoms with Crippen molar-refractivity contribution < 1.29 is 14.3 Å². The van der Waals surface area contributed by atoms with Gasteiger partial charge in [-0.15, -0.1) is 0 Å². The van der Waals surface area contributed by atoms with E-state index in [-0.39, 0.29) is 18.4 Å². The Morgan fingerprint density at radius 1 is 1.30 bits per heavy atom. The molecule has 108 valence electrons. The van der Waals surface area contributed by atoms with Crippen molar-refractivity contribution in [3.05, 3.63) is 35.9 Å². The van der Waals surface area contributed by atoms with E-state index in [2.05, 4.69) is 5.32 Å². The fourth-order valence-electron chi connectivity index (χ4n) is 2.27. The van der Waals surface area contributed by atoms with Crippen LogP contribution in [0.25, 0.3) is 0 Å². The van der Waals surface area contributed by atoms with Crippen LogP contribution < -0.4 is 5.32 Å². The molecule has 20 heavy (non-hydrogen) atoms. The smallest absolute Gasteiger partial charge is 0.246 e. The number of amides is 2. The van der Waals surface area contributed by atoms with E-state index in [1.807, 2.05) is 37.3 Å². The topological polar surface area (TPSA) is 58.6 Å². The molecule has 1 aliphatic heterocycles. The molecule has 2 rings (SSSR count). The van der Waals surface area contributed by atoms with Crippen molar-refractivity contribution in [2.45, 2.75) is 19.4 Å². The van der Waals surface area contributed by atoms with Crippen LogP contribution in [0.5, 0.6) is 0 Å². The molecule has 1 fully saturated rings. The number of carbonyl (C=O) groups excluding carboxylic acids is 2. The predicted octanol–water partition coefficient (Wildman–Crippen LogP) is 0.593. The molecule has 0 spiro atoms. The van der Waals surface area contributed by atoms with Crippen LogP contribution in [0, 0.1) is 0 Å². The Labute approximate surface area is 118 Å². The summed E-state index contributed by atoms with van der Waals surface area (Å²) in [5.74, 6) is -0.143. The standard InChI is InChI=1S/C15H20N2O3/c1-2-20-9-8-17-11-14(18)16-13(15(17)19)10-12-6-4-3-5-7-12/h3-7,13H,2,8-11H2,1H3,(H,16,18). The van der Waals surface area contributed by atoms with Crippen LogP contribution >= 0.6 is 0 Å². The highest BCUT2D eigenvalue weighted by Crippen LogP contribution is 2.09. The summed E-state index contributed by atoms with van der Waals surface area (Å²) in [4.78, 5) is 25.6. The minimum atomic E-state index is -0.472. The number of rotatable bonds is 6. The molecule has 1 aromatic carbocycles. The van der Waals surface area contributed by atoms with Gasteiger partial charge in [0.25, 0.3) is 0 Å². The van der Waals surface area contributed by atoms with Gasteiger partial charge in [0.15, 0.2) is 0 Å². The Bertz CT molecular complexity index is 461. The second-order valence-corrected chi connectivity index (χ2v) is 4.77. The van der Waals surface area contributed by atoms with Gasteiger partial charge in [-0.1, -0.05) is 30.3 Å². The molecule has 0 radical (unpaired) electrons. The van der Waals surface area contributed by atoms with Gasteiger partial charge in [0.2, 0.25) is 11.8 Å². The maximum atomic E-state index is 12.3. The van der Waals surface area contributed by atoms with E-state index >= 15 is 0 Å². The van der Waals surface area contributed by atoms with E-state index in [0.29, 0.717) is 26.2 Å². The molecule has 1 atom stereocenters. The van der Waals surface area contributed by atoms with Crippen molar-refractivity contribution in [1.29, 1.82) is 0 Å². The Kier molecular flexibility index (Phi) is 5.12. The lowest BCUT2D eigenvalue weighted by molar-refractivity contribution is -0.144. The van der Waals surface area contributed by atoms with Crippen molar-refractivity contribution in [3.63, 3.8) is 0 Å². The molecular weight excluding hydrogens is 256 g/mol. The molecule has 1 aliphatic rings. The van der Waals surface area contributed by atoms with Crippen molar-refractivity contribution >= 4 is 11.8 Å². The maximum absolute atomic E-state index is 12.3. The van der Waals surface area contributed by atoms with Gasteiger partial charge in [-0.25, -0.2) is 0 Å². The second kappa shape index (κ2) is 7.05. The van der Waals surface area contributed by atoms with E-state index in [9.17, 15) is 9.59 Å². The number of hydrogen-bond acceptors (Lipinski definition) is 3. The molecule has 0 aliphatic carbocycles. The zero-order valence-corrected chi connectivity index (χ0v) is 11.7. The van der Waals surface area contributed by atoms with Gasteiger partial charge in [-0.2, -0.15) is 0 Å². The number of piperazine rings is 1. The number of carbonyl (C=O) groups is 2. The summed E-state index contributed by atoms with van der Waals surface area (Å²) in [6.07, 6.45) is 0.524. The fourth-order valence-corrected chi connectivity index (χ4v) is 2.27. The molecule has 1 aromatic rings. The minimum Gasteiger partial charge on any atom is -0.380 e. The zero-order valence-electron chi connectivity index (χ0n) is 11.7. The van der Waals surface area contributed by atoms with Crippen LogP contribution in [0.3, 0.4) is 0 Å². The molecule has 1 unspecified atom stereocenters. The number of nitrogens with zero attached hydrogens (tertiary/aromatic N) is 1. The van der Waals surface area contributed by atoms with Gasteiger partial charge in [-0.05, 0) is 12.5 Å². The van der Waals surface area contributed by atoms with Crippen LogP contribution in [0.2, 0.25) is 0 Å². The number of nitrogens with one attached hydrogen (secondary N) is 1. The summed E-state index contributed by atoms with van der Waals surface area (Å²) in [6, 6.07) is 9.23. The lowest BCUT2D eigenvalue weighted by Gasteiger charge is -2.32. The zero-order chi connectivity index (χ0) is 14.4. The van der Waals surface area contributed by atoms with Crippen molar-refractivity contribution in [2.24, 2.45) is 0 Å². The third-order valence-corrected chi connectivity index (χ3v) is 3.27. The van der Waals surface area contributed by atoms with Gasteiger partial charge in [0.1, 0.15) is 6.04 Å². The first kappa shape index (κ1) is 14.5. The molecular formula is C15H20N2O3. The summed E-state index contributed by atoms with van der Waals surface area (Å²) in [6.45, 7) is 3.57. The highest BCUT2D eigenvalue weighted by Gasteiger charge is 2.32. The predicted molar refractivity (Wildman–Crippen MR) is 75.1 cm³/mol. The lowest BCUT2D eigenvalue weighted by atomic mass is 10.0. The first-order chi connectivity index (χ1) is 9.70. The highest BCUT2D eigenvalue weighted by atomic mass is 16.5. The average Bonchev–Trinajstić information content (AvgIpc) is 2.45. The summed E-state index contributed by atoms with van der Waals surface area (Å²) < 4.78 is 5.25. The lowest BCUT2D eigenvalue weighted by Crippen LogP contribution is -2.59. The molecule has 5 heteroatoms. The SMILES string of the molecule is CCOCCN1CC(=O)NC(Cc2ccccc2)C1=O. The Balaban J connectivity index is 1.97. The van der Waals surface area contributed by atoms with Crippen LogP contribution in [0.15, 0.2) is 30.3 Å². The van der Waals surface area contributed by atoms with E-state index in [1.54, 1.807) is 4.90 Å². The van der Waals surface area contributed by atoms with E-state index in [0.717, 1.165) is 5.56 Å².